The molecule has 0 heterocycles. The minimum absolute atomic E-state index is 0.687. The van der Waals surface area contributed by atoms with Gasteiger partial charge in [-0.2, -0.15) is 0 Å². The second kappa shape index (κ2) is 10.4. The van der Waals surface area contributed by atoms with Gasteiger partial charge >= 0.3 is 0 Å². The van der Waals surface area contributed by atoms with Crippen LogP contribution in [0, 0.1) is 0 Å². The molecule has 2 nitrogen and oxygen atoms in total. The van der Waals surface area contributed by atoms with Gasteiger partial charge in [-0.3, -0.25) is 0 Å². The van der Waals surface area contributed by atoms with Crippen LogP contribution in [0.4, 0.5) is 0 Å². The number of rotatable bonds is 10. The molecule has 0 saturated heterocycles. The van der Waals surface area contributed by atoms with Crippen molar-refractivity contribution < 1.29 is 0 Å². The van der Waals surface area contributed by atoms with Gasteiger partial charge in [0.25, 0.3) is 0 Å². The standard InChI is InChI=1S/C13H30N2/c1-5-8-11-14-13(4)10-9-12-15(6-2)7-3/h13-14H,5-12H2,1-4H3. The fourth-order valence-corrected chi connectivity index (χ4v) is 1.79. The smallest absolute Gasteiger partial charge is 0.00391 e. The van der Waals surface area contributed by atoms with Gasteiger partial charge in [-0.15, -0.1) is 0 Å². The van der Waals surface area contributed by atoms with Crippen LogP contribution in [-0.2, 0) is 0 Å². The molecule has 0 fully saturated rings. The lowest BCUT2D eigenvalue weighted by molar-refractivity contribution is 0.290. The highest BCUT2D eigenvalue weighted by Gasteiger charge is 2.02. The van der Waals surface area contributed by atoms with Gasteiger partial charge in [-0.25, -0.2) is 0 Å². The number of nitrogens with one attached hydrogen (secondary N) is 1. The first-order valence-corrected chi connectivity index (χ1v) is 6.70. The lowest BCUT2D eigenvalue weighted by Gasteiger charge is -2.19. The molecule has 0 saturated carbocycles. The van der Waals surface area contributed by atoms with Gasteiger partial charge < -0.3 is 10.2 Å². The van der Waals surface area contributed by atoms with Gasteiger partial charge in [-0.1, -0.05) is 27.2 Å². The van der Waals surface area contributed by atoms with Crippen molar-refractivity contribution in [3.63, 3.8) is 0 Å². The Morgan fingerprint density at radius 1 is 1.07 bits per heavy atom. The van der Waals surface area contributed by atoms with E-state index in [9.17, 15) is 0 Å². The average molecular weight is 214 g/mol. The number of unbranched alkanes of at least 4 members (excludes halogenated alkanes) is 1. The summed E-state index contributed by atoms with van der Waals surface area (Å²) in [7, 11) is 0. The van der Waals surface area contributed by atoms with Crippen LogP contribution < -0.4 is 5.32 Å². The summed E-state index contributed by atoms with van der Waals surface area (Å²) in [6.45, 7) is 13.8. The Labute approximate surface area is 96.4 Å². The summed E-state index contributed by atoms with van der Waals surface area (Å²) in [5.74, 6) is 0. The Hall–Kier alpha value is -0.0800. The Morgan fingerprint density at radius 3 is 2.27 bits per heavy atom. The Kier molecular flexibility index (Phi) is 10.4. The zero-order valence-corrected chi connectivity index (χ0v) is 11.2. The lowest BCUT2D eigenvalue weighted by Crippen LogP contribution is -2.29. The molecule has 0 aromatic rings. The summed E-state index contributed by atoms with van der Waals surface area (Å²) in [4.78, 5) is 2.50. The highest BCUT2D eigenvalue weighted by molar-refractivity contribution is 4.62. The molecule has 0 aromatic heterocycles. The Balaban J connectivity index is 3.33. The molecule has 0 amide bonds. The van der Waals surface area contributed by atoms with Crippen molar-refractivity contribution in [1.29, 1.82) is 0 Å². The summed E-state index contributed by atoms with van der Waals surface area (Å²) in [5, 5.41) is 3.57. The molecule has 1 unspecified atom stereocenters. The summed E-state index contributed by atoms with van der Waals surface area (Å²) < 4.78 is 0. The van der Waals surface area contributed by atoms with Crippen LogP contribution in [0.2, 0.25) is 0 Å². The van der Waals surface area contributed by atoms with E-state index in [1.165, 1.54) is 51.9 Å². The maximum atomic E-state index is 3.57. The van der Waals surface area contributed by atoms with Crippen molar-refractivity contribution in [2.75, 3.05) is 26.2 Å². The fraction of sp³-hybridized carbons (Fsp3) is 1.00. The summed E-state index contributed by atoms with van der Waals surface area (Å²) in [5.41, 5.74) is 0. The minimum Gasteiger partial charge on any atom is -0.314 e. The van der Waals surface area contributed by atoms with Gasteiger partial charge in [0.1, 0.15) is 0 Å². The highest BCUT2D eigenvalue weighted by Crippen LogP contribution is 1.99. The van der Waals surface area contributed by atoms with E-state index in [0.717, 1.165) is 0 Å². The molecule has 1 atom stereocenters. The molecule has 0 bridgehead atoms. The van der Waals surface area contributed by atoms with Crippen molar-refractivity contribution in [2.24, 2.45) is 0 Å². The van der Waals surface area contributed by atoms with E-state index in [1.54, 1.807) is 0 Å². The average Bonchev–Trinajstić information content (AvgIpc) is 2.25. The lowest BCUT2D eigenvalue weighted by atomic mass is 10.1. The number of hydrogen-bond acceptors (Lipinski definition) is 2. The third-order valence-electron chi connectivity index (χ3n) is 3.03. The number of nitrogens with zero attached hydrogens (tertiary/aromatic N) is 1. The molecular weight excluding hydrogens is 184 g/mol. The summed E-state index contributed by atoms with van der Waals surface area (Å²) in [6, 6.07) is 0.687. The maximum absolute atomic E-state index is 3.57. The van der Waals surface area contributed by atoms with Gasteiger partial charge in [0.15, 0.2) is 0 Å². The molecule has 0 aliphatic carbocycles. The second-order valence-corrected chi connectivity index (χ2v) is 4.38. The third kappa shape index (κ3) is 8.88. The zero-order valence-electron chi connectivity index (χ0n) is 11.2. The summed E-state index contributed by atoms with van der Waals surface area (Å²) in [6.07, 6.45) is 5.22. The van der Waals surface area contributed by atoms with Gasteiger partial charge in [0.05, 0.1) is 0 Å². The summed E-state index contributed by atoms with van der Waals surface area (Å²) >= 11 is 0. The SMILES string of the molecule is CCCCNC(C)CCCN(CC)CC. The highest BCUT2D eigenvalue weighted by atomic mass is 15.1. The van der Waals surface area contributed by atoms with E-state index < -0.39 is 0 Å². The molecule has 2 heteroatoms. The first kappa shape index (κ1) is 14.9. The van der Waals surface area contributed by atoms with E-state index in [-0.39, 0.29) is 0 Å². The topological polar surface area (TPSA) is 15.3 Å². The predicted molar refractivity (Wildman–Crippen MR) is 69.4 cm³/mol. The molecule has 0 spiro atoms. The normalized spacial score (nSPS) is 13.4. The van der Waals surface area contributed by atoms with Gasteiger partial charge in [0, 0.05) is 6.04 Å². The van der Waals surface area contributed by atoms with E-state index in [4.69, 9.17) is 0 Å². The van der Waals surface area contributed by atoms with Crippen LogP contribution >= 0.6 is 0 Å². The van der Waals surface area contributed by atoms with Crippen molar-refractivity contribution >= 4 is 0 Å². The zero-order chi connectivity index (χ0) is 11.5. The first-order valence-electron chi connectivity index (χ1n) is 6.70. The molecular formula is C13H30N2. The van der Waals surface area contributed by atoms with Crippen LogP contribution in [0.3, 0.4) is 0 Å². The van der Waals surface area contributed by atoms with Crippen LogP contribution in [0.1, 0.15) is 53.4 Å². The number of hydrogen-bond donors (Lipinski definition) is 1. The van der Waals surface area contributed by atoms with Crippen molar-refractivity contribution in [2.45, 2.75) is 59.4 Å². The fourth-order valence-electron chi connectivity index (χ4n) is 1.79. The maximum Gasteiger partial charge on any atom is 0.00391 e. The third-order valence-corrected chi connectivity index (χ3v) is 3.03. The van der Waals surface area contributed by atoms with Crippen molar-refractivity contribution in [3.05, 3.63) is 0 Å². The molecule has 0 radical (unpaired) electrons. The molecule has 0 rings (SSSR count). The van der Waals surface area contributed by atoms with Crippen molar-refractivity contribution in [3.8, 4) is 0 Å². The van der Waals surface area contributed by atoms with Crippen LogP contribution in [0.25, 0.3) is 0 Å². The van der Waals surface area contributed by atoms with Gasteiger partial charge in [-0.05, 0) is 52.4 Å². The van der Waals surface area contributed by atoms with Crippen LogP contribution in [0.15, 0.2) is 0 Å². The van der Waals surface area contributed by atoms with E-state index in [0.29, 0.717) is 6.04 Å². The predicted octanol–water partition coefficient (Wildman–Crippen LogP) is 2.89. The van der Waals surface area contributed by atoms with Crippen LogP contribution in [0.5, 0.6) is 0 Å². The molecule has 0 aliphatic rings. The van der Waals surface area contributed by atoms with Gasteiger partial charge in [0.2, 0.25) is 0 Å². The van der Waals surface area contributed by atoms with E-state index >= 15 is 0 Å². The van der Waals surface area contributed by atoms with Crippen LogP contribution in [-0.4, -0.2) is 37.1 Å². The second-order valence-electron chi connectivity index (χ2n) is 4.38. The van der Waals surface area contributed by atoms with E-state index in [2.05, 4.69) is 37.9 Å². The Morgan fingerprint density at radius 2 is 1.73 bits per heavy atom. The minimum atomic E-state index is 0.687. The molecule has 1 N–H and O–H groups in total. The molecule has 0 aromatic carbocycles. The Bertz CT molecular complexity index is 122. The monoisotopic (exact) mass is 214 g/mol. The quantitative estimate of drug-likeness (QED) is 0.563. The largest absolute Gasteiger partial charge is 0.314 e. The van der Waals surface area contributed by atoms with E-state index in [1.807, 2.05) is 0 Å². The van der Waals surface area contributed by atoms with Crippen molar-refractivity contribution in [1.82, 2.24) is 10.2 Å². The molecule has 92 valence electrons. The molecule has 15 heavy (non-hydrogen) atoms. The first-order chi connectivity index (χ1) is 7.24. The molecule has 0 aliphatic heterocycles.